The van der Waals surface area contributed by atoms with Gasteiger partial charge in [-0.15, -0.1) is 0 Å². The van der Waals surface area contributed by atoms with Gasteiger partial charge in [-0.25, -0.2) is 4.79 Å². The number of aryl methyl sites for hydroxylation is 1. The summed E-state index contributed by atoms with van der Waals surface area (Å²) >= 11 is 0. The largest absolute Gasteiger partial charge is 0.347 e. The zero-order chi connectivity index (χ0) is 13.1. The number of rotatable bonds is 2. The van der Waals surface area contributed by atoms with Gasteiger partial charge < -0.3 is 4.98 Å². The van der Waals surface area contributed by atoms with Crippen molar-refractivity contribution in [3.05, 3.63) is 58.1 Å². The molecule has 0 fully saturated rings. The summed E-state index contributed by atoms with van der Waals surface area (Å²) in [6.07, 6.45) is 0. The Morgan fingerprint density at radius 1 is 1.28 bits per heavy atom. The number of nitrogens with zero attached hydrogens (tertiary/aromatic N) is 2. The number of anilines is 1. The predicted octanol–water partition coefficient (Wildman–Crippen LogP) is 1.35. The first-order chi connectivity index (χ1) is 8.58. The predicted molar refractivity (Wildman–Crippen MR) is 68.8 cm³/mol. The highest BCUT2D eigenvalue weighted by Crippen LogP contribution is 2.11. The second kappa shape index (κ2) is 4.83. The van der Waals surface area contributed by atoms with Crippen LogP contribution in [0.1, 0.15) is 16.1 Å². The molecule has 1 amide bonds. The van der Waals surface area contributed by atoms with Crippen LogP contribution < -0.4 is 10.6 Å². The van der Waals surface area contributed by atoms with E-state index in [0.29, 0.717) is 17.1 Å². The first-order valence-corrected chi connectivity index (χ1v) is 5.49. The number of aromatic nitrogens is 2. The molecule has 0 spiro atoms. The molecule has 0 aliphatic heterocycles. The fraction of sp³-hybridized carbons (Fsp3) is 0.154. The lowest BCUT2D eigenvalue weighted by Gasteiger charge is -2.16. The normalized spacial score (nSPS) is 10.1. The maximum absolute atomic E-state index is 12.1. The number of nitrogens with one attached hydrogen (secondary N) is 1. The van der Waals surface area contributed by atoms with Crippen LogP contribution in [0.5, 0.6) is 0 Å². The Kier molecular flexibility index (Phi) is 3.23. The molecule has 1 aromatic carbocycles. The molecule has 5 nitrogen and oxygen atoms in total. The van der Waals surface area contributed by atoms with Crippen LogP contribution >= 0.6 is 0 Å². The van der Waals surface area contributed by atoms with E-state index in [1.165, 1.54) is 4.90 Å². The standard InChI is InChI=1S/C13H13N3O2/c1-9-8-11(15-13(18)14-9)16(2)12(17)10-6-4-3-5-7-10/h3-8H,1-2H3,(H,14,15,18). The molecule has 0 bridgehead atoms. The SMILES string of the molecule is Cc1cc(N(C)C(=O)c2ccccc2)nc(=O)[nH]1. The van der Waals surface area contributed by atoms with E-state index < -0.39 is 5.69 Å². The third-order valence-corrected chi connectivity index (χ3v) is 2.53. The zero-order valence-electron chi connectivity index (χ0n) is 10.2. The van der Waals surface area contributed by atoms with Gasteiger partial charge in [0.05, 0.1) is 0 Å². The second-order valence-electron chi connectivity index (χ2n) is 3.96. The Hall–Kier alpha value is -2.43. The van der Waals surface area contributed by atoms with Gasteiger partial charge in [-0.2, -0.15) is 4.98 Å². The van der Waals surface area contributed by atoms with Gasteiger partial charge in [0.25, 0.3) is 5.91 Å². The third-order valence-electron chi connectivity index (χ3n) is 2.53. The second-order valence-corrected chi connectivity index (χ2v) is 3.96. The minimum absolute atomic E-state index is 0.201. The van der Waals surface area contributed by atoms with E-state index >= 15 is 0 Å². The number of hydrogen-bond donors (Lipinski definition) is 1. The van der Waals surface area contributed by atoms with Crippen molar-refractivity contribution in [2.24, 2.45) is 0 Å². The fourth-order valence-electron chi connectivity index (χ4n) is 1.61. The number of carbonyl (C=O) groups is 1. The van der Waals surface area contributed by atoms with Crippen LogP contribution in [0.25, 0.3) is 0 Å². The molecular weight excluding hydrogens is 230 g/mol. The summed E-state index contributed by atoms with van der Waals surface area (Å²) in [6.45, 7) is 1.74. The topological polar surface area (TPSA) is 66.1 Å². The fourth-order valence-corrected chi connectivity index (χ4v) is 1.61. The molecular formula is C13H13N3O2. The maximum Gasteiger partial charge on any atom is 0.347 e. The maximum atomic E-state index is 12.1. The molecule has 0 unspecified atom stereocenters. The van der Waals surface area contributed by atoms with E-state index in [0.717, 1.165) is 0 Å². The molecule has 0 saturated carbocycles. The lowest BCUT2D eigenvalue weighted by Crippen LogP contribution is -2.29. The summed E-state index contributed by atoms with van der Waals surface area (Å²) in [6, 6.07) is 10.5. The van der Waals surface area contributed by atoms with E-state index in [-0.39, 0.29) is 5.91 Å². The van der Waals surface area contributed by atoms with Crippen molar-refractivity contribution < 1.29 is 4.79 Å². The van der Waals surface area contributed by atoms with Crippen LogP contribution in [0.15, 0.2) is 41.2 Å². The van der Waals surface area contributed by atoms with E-state index in [9.17, 15) is 9.59 Å². The number of aromatic amines is 1. The van der Waals surface area contributed by atoms with Crippen molar-refractivity contribution in [3.8, 4) is 0 Å². The Balaban J connectivity index is 2.34. The quantitative estimate of drug-likeness (QED) is 0.866. The third kappa shape index (κ3) is 2.45. The first kappa shape index (κ1) is 12.0. The van der Waals surface area contributed by atoms with Crippen molar-refractivity contribution in [2.45, 2.75) is 6.92 Å². The minimum Gasteiger partial charge on any atom is -0.310 e. The Labute approximate surface area is 104 Å². The zero-order valence-corrected chi connectivity index (χ0v) is 10.2. The number of hydrogen-bond acceptors (Lipinski definition) is 3. The molecule has 0 atom stereocenters. The monoisotopic (exact) mass is 243 g/mol. The van der Waals surface area contributed by atoms with E-state index in [4.69, 9.17) is 0 Å². The highest BCUT2D eigenvalue weighted by molar-refractivity contribution is 6.05. The van der Waals surface area contributed by atoms with Gasteiger partial charge in [0.1, 0.15) is 5.82 Å². The van der Waals surface area contributed by atoms with Crippen molar-refractivity contribution in [3.63, 3.8) is 0 Å². The molecule has 1 N–H and O–H groups in total. The van der Waals surface area contributed by atoms with Gasteiger partial charge in [-0.3, -0.25) is 9.69 Å². The summed E-state index contributed by atoms with van der Waals surface area (Å²) < 4.78 is 0. The van der Waals surface area contributed by atoms with Crippen LogP contribution in [0.2, 0.25) is 0 Å². The average Bonchev–Trinajstić information content (AvgIpc) is 2.37. The number of H-pyrrole nitrogens is 1. The van der Waals surface area contributed by atoms with Crippen LogP contribution in [0, 0.1) is 6.92 Å². The van der Waals surface area contributed by atoms with Crippen LogP contribution in [0.3, 0.4) is 0 Å². The van der Waals surface area contributed by atoms with E-state index in [2.05, 4.69) is 9.97 Å². The summed E-state index contributed by atoms with van der Waals surface area (Å²) in [5.74, 6) is 0.137. The van der Waals surface area contributed by atoms with Gasteiger partial charge in [-0.1, -0.05) is 18.2 Å². The molecule has 0 saturated heterocycles. The lowest BCUT2D eigenvalue weighted by atomic mass is 10.2. The molecule has 0 radical (unpaired) electrons. The molecule has 5 heteroatoms. The summed E-state index contributed by atoms with van der Waals surface area (Å²) in [7, 11) is 1.59. The van der Waals surface area contributed by atoms with Crippen LogP contribution in [-0.2, 0) is 0 Å². The number of benzene rings is 1. The van der Waals surface area contributed by atoms with Crippen LogP contribution in [0.4, 0.5) is 5.82 Å². The average molecular weight is 243 g/mol. The minimum atomic E-state index is -0.460. The van der Waals surface area contributed by atoms with E-state index in [1.807, 2.05) is 6.07 Å². The summed E-state index contributed by atoms with van der Waals surface area (Å²) in [5.41, 5.74) is 0.759. The molecule has 2 aromatic rings. The Morgan fingerprint density at radius 3 is 2.56 bits per heavy atom. The van der Waals surface area contributed by atoms with Gasteiger partial charge >= 0.3 is 5.69 Å². The lowest BCUT2D eigenvalue weighted by molar-refractivity contribution is 0.0992. The van der Waals surface area contributed by atoms with Crippen molar-refractivity contribution >= 4 is 11.7 Å². The summed E-state index contributed by atoms with van der Waals surface area (Å²) in [4.78, 5) is 31.1. The molecule has 18 heavy (non-hydrogen) atoms. The van der Waals surface area contributed by atoms with Gasteiger partial charge in [0.2, 0.25) is 0 Å². The number of amides is 1. The van der Waals surface area contributed by atoms with Crippen molar-refractivity contribution in [1.82, 2.24) is 9.97 Å². The van der Waals surface area contributed by atoms with Crippen LogP contribution in [-0.4, -0.2) is 22.9 Å². The molecule has 92 valence electrons. The summed E-state index contributed by atoms with van der Waals surface area (Å²) in [5, 5.41) is 0. The molecule has 2 rings (SSSR count). The number of carbonyl (C=O) groups excluding carboxylic acids is 1. The first-order valence-electron chi connectivity index (χ1n) is 5.49. The van der Waals surface area contributed by atoms with Gasteiger partial charge in [0, 0.05) is 24.4 Å². The molecule has 1 aromatic heterocycles. The molecule has 0 aliphatic carbocycles. The molecule has 1 heterocycles. The smallest absolute Gasteiger partial charge is 0.310 e. The van der Waals surface area contributed by atoms with Gasteiger partial charge in [0.15, 0.2) is 0 Å². The Morgan fingerprint density at radius 2 is 1.94 bits per heavy atom. The van der Waals surface area contributed by atoms with Crippen molar-refractivity contribution in [1.29, 1.82) is 0 Å². The highest BCUT2D eigenvalue weighted by Gasteiger charge is 2.14. The van der Waals surface area contributed by atoms with Gasteiger partial charge in [-0.05, 0) is 19.1 Å². The highest BCUT2D eigenvalue weighted by atomic mass is 16.2. The van der Waals surface area contributed by atoms with E-state index in [1.54, 1.807) is 44.3 Å². The molecule has 0 aliphatic rings. The Bertz CT molecular complexity index is 620. The van der Waals surface area contributed by atoms with Crippen molar-refractivity contribution in [2.75, 3.05) is 11.9 Å².